The van der Waals surface area contributed by atoms with Crippen LogP contribution in [0.4, 0.5) is 0 Å². The molecule has 3 fully saturated rings. The summed E-state index contributed by atoms with van der Waals surface area (Å²) < 4.78 is 59.4. The summed E-state index contributed by atoms with van der Waals surface area (Å²) in [6.45, 7) is 4.17. The van der Waals surface area contributed by atoms with Crippen molar-refractivity contribution in [2.75, 3.05) is 52.5 Å². The Morgan fingerprint density at radius 3 is 2.00 bits per heavy atom. The lowest BCUT2D eigenvalue weighted by Crippen LogP contribution is -2.51. The molecule has 150 valence electrons. The Morgan fingerprint density at radius 1 is 0.778 bits per heavy atom. The Morgan fingerprint density at radius 2 is 1.37 bits per heavy atom. The number of sulfonamides is 2. The van der Waals surface area contributed by atoms with Crippen LogP contribution in [-0.4, -0.2) is 88.9 Å². The zero-order valence-corrected chi connectivity index (χ0v) is 16.8. The fraction of sp³-hybridized carbons (Fsp3) is 0.647. The molecule has 1 aromatic carbocycles. The van der Waals surface area contributed by atoms with Gasteiger partial charge in [-0.1, -0.05) is 0 Å². The molecule has 3 aliphatic heterocycles. The van der Waals surface area contributed by atoms with Crippen LogP contribution in [0.25, 0.3) is 0 Å². The van der Waals surface area contributed by atoms with Crippen LogP contribution in [-0.2, 0) is 24.8 Å². The second kappa shape index (κ2) is 7.41. The summed E-state index contributed by atoms with van der Waals surface area (Å²) in [5, 5.41) is 0. The van der Waals surface area contributed by atoms with Crippen LogP contribution < -0.4 is 0 Å². The summed E-state index contributed by atoms with van der Waals surface area (Å²) in [4.78, 5) is 2.61. The molecule has 0 radical (unpaired) electrons. The van der Waals surface area contributed by atoms with Gasteiger partial charge < -0.3 is 4.74 Å². The summed E-state index contributed by atoms with van der Waals surface area (Å²) in [6, 6.07) is 5.90. The van der Waals surface area contributed by atoms with Crippen LogP contribution in [0.15, 0.2) is 34.1 Å². The fourth-order valence-electron chi connectivity index (χ4n) is 4.05. The van der Waals surface area contributed by atoms with E-state index in [1.54, 1.807) is 0 Å². The Labute approximate surface area is 160 Å². The summed E-state index contributed by atoms with van der Waals surface area (Å²) in [5.74, 6) is 0. The first-order chi connectivity index (χ1) is 12.9. The number of morpholine rings is 1. The third-order valence-corrected chi connectivity index (χ3v) is 9.41. The van der Waals surface area contributed by atoms with E-state index in [4.69, 9.17) is 4.74 Å². The van der Waals surface area contributed by atoms with E-state index in [0.717, 1.165) is 25.9 Å². The SMILES string of the molecule is O=S(=O)(c1ccc(S(=O)(=O)N2CCN3CCCC3C2)cc1)N1CCOCC1. The maximum Gasteiger partial charge on any atom is 0.243 e. The lowest BCUT2D eigenvalue weighted by molar-refractivity contribution is 0.0730. The summed E-state index contributed by atoms with van der Waals surface area (Å²) in [6.07, 6.45) is 2.15. The highest BCUT2D eigenvalue weighted by molar-refractivity contribution is 7.89. The van der Waals surface area contributed by atoms with E-state index in [2.05, 4.69) is 4.90 Å². The van der Waals surface area contributed by atoms with Gasteiger partial charge in [-0.15, -0.1) is 0 Å². The highest BCUT2D eigenvalue weighted by atomic mass is 32.2. The van der Waals surface area contributed by atoms with Gasteiger partial charge in [0.2, 0.25) is 20.0 Å². The van der Waals surface area contributed by atoms with E-state index in [1.807, 2.05) is 0 Å². The molecule has 0 bridgehead atoms. The monoisotopic (exact) mass is 415 g/mol. The average Bonchev–Trinajstić information content (AvgIpc) is 3.16. The Bertz CT molecular complexity index is 880. The third-order valence-electron chi connectivity index (χ3n) is 5.62. The minimum Gasteiger partial charge on any atom is -0.379 e. The fourth-order valence-corrected chi connectivity index (χ4v) is 6.93. The number of piperazine rings is 1. The highest BCUT2D eigenvalue weighted by Crippen LogP contribution is 2.27. The maximum absolute atomic E-state index is 13.0. The molecule has 0 N–H and O–H groups in total. The molecular weight excluding hydrogens is 390 g/mol. The molecule has 0 saturated carbocycles. The standard InChI is InChI=1S/C17H25N3O5S2/c21-26(22,19-10-12-25-13-11-19)16-3-5-17(6-4-16)27(23,24)20-9-8-18-7-1-2-15(18)14-20/h3-6,15H,1-2,7-14H2. The Kier molecular flexibility index (Phi) is 5.30. The van der Waals surface area contributed by atoms with Crippen molar-refractivity contribution in [1.29, 1.82) is 0 Å². The van der Waals surface area contributed by atoms with Gasteiger partial charge in [-0.25, -0.2) is 16.8 Å². The van der Waals surface area contributed by atoms with Gasteiger partial charge in [-0.3, -0.25) is 4.90 Å². The van der Waals surface area contributed by atoms with Crippen LogP contribution in [0.2, 0.25) is 0 Å². The highest BCUT2D eigenvalue weighted by Gasteiger charge is 2.36. The van der Waals surface area contributed by atoms with Crippen molar-refractivity contribution < 1.29 is 21.6 Å². The van der Waals surface area contributed by atoms with Gasteiger partial charge >= 0.3 is 0 Å². The number of nitrogens with zero attached hydrogens (tertiary/aromatic N) is 3. The Hall–Kier alpha value is -1.04. The molecule has 4 rings (SSSR count). The lowest BCUT2D eigenvalue weighted by Gasteiger charge is -2.36. The van der Waals surface area contributed by atoms with Crippen molar-refractivity contribution >= 4 is 20.0 Å². The zero-order valence-electron chi connectivity index (χ0n) is 15.2. The molecule has 0 aromatic heterocycles. The van der Waals surface area contributed by atoms with Crippen molar-refractivity contribution in [1.82, 2.24) is 13.5 Å². The summed E-state index contributed by atoms with van der Waals surface area (Å²) in [5.41, 5.74) is 0. The number of hydrogen-bond acceptors (Lipinski definition) is 6. The Balaban J connectivity index is 1.52. The van der Waals surface area contributed by atoms with E-state index in [-0.39, 0.29) is 9.79 Å². The first kappa shape index (κ1) is 19.3. The molecule has 0 amide bonds. The van der Waals surface area contributed by atoms with Gasteiger partial charge in [0.25, 0.3) is 0 Å². The number of fused-ring (bicyclic) bond motifs is 1. The predicted molar refractivity (Wildman–Crippen MR) is 99.4 cm³/mol. The molecule has 0 spiro atoms. The van der Waals surface area contributed by atoms with Crippen molar-refractivity contribution in [3.05, 3.63) is 24.3 Å². The van der Waals surface area contributed by atoms with Crippen LogP contribution in [0.5, 0.6) is 0 Å². The van der Waals surface area contributed by atoms with Gasteiger partial charge in [0, 0.05) is 38.8 Å². The first-order valence-corrected chi connectivity index (χ1v) is 12.2. The molecule has 0 aliphatic carbocycles. The molecule has 1 aromatic rings. The molecule has 1 unspecified atom stereocenters. The maximum atomic E-state index is 13.0. The second-order valence-electron chi connectivity index (χ2n) is 7.18. The van der Waals surface area contributed by atoms with Crippen LogP contribution >= 0.6 is 0 Å². The van der Waals surface area contributed by atoms with Gasteiger partial charge in [-0.05, 0) is 43.7 Å². The molecular formula is C17H25N3O5S2. The predicted octanol–water partition coefficient (Wildman–Crippen LogP) is 0.176. The number of rotatable bonds is 4. The molecule has 1 atom stereocenters. The number of ether oxygens (including phenoxy) is 1. The van der Waals surface area contributed by atoms with Gasteiger partial charge in [0.1, 0.15) is 0 Å². The van der Waals surface area contributed by atoms with Crippen LogP contribution in [0, 0.1) is 0 Å². The largest absolute Gasteiger partial charge is 0.379 e. The van der Waals surface area contributed by atoms with E-state index >= 15 is 0 Å². The van der Waals surface area contributed by atoms with Gasteiger partial charge in [0.05, 0.1) is 23.0 Å². The first-order valence-electron chi connectivity index (χ1n) is 9.31. The smallest absolute Gasteiger partial charge is 0.243 e. The molecule has 3 heterocycles. The average molecular weight is 416 g/mol. The zero-order chi connectivity index (χ0) is 19.1. The molecule has 27 heavy (non-hydrogen) atoms. The molecule has 3 saturated heterocycles. The van der Waals surface area contributed by atoms with Crippen LogP contribution in [0.1, 0.15) is 12.8 Å². The third kappa shape index (κ3) is 3.66. The van der Waals surface area contributed by atoms with Crippen molar-refractivity contribution in [3.8, 4) is 0 Å². The van der Waals surface area contributed by atoms with Crippen LogP contribution in [0.3, 0.4) is 0 Å². The van der Waals surface area contributed by atoms with E-state index in [0.29, 0.717) is 45.4 Å². The van der Waals surface area contributed by atoms with Crippen molar-refractivity contribution in [2.24, 2.45) is 0 Å². The summed E-state index contributed by atoms with van der Waals surface area (Å²) in [7, 11) is -7.23. The molecule has 8 nitrogen and oxygen atoms in total. The van der Waals surface area contributed by atoms with Gasteiger partial charge in [0.15, 0.2) is 0 Å². The van der Waals surface area contributed by atoms with Crippen molar-refractivity contribution in [3.63, 3.8) is 0 Å². The minimum atomic E-state index is -3.62. The minimum absolute atomic E-state index is 0.115. The van der Waals surface area contributed by atoms with Gasteiger partial charge in [-0.2, -0.15) is 8.61 Å². The second-order valence-corrected chi connectivity index (χ2v) is 11.1. The van der Waals surface area contributed by atoms with E-state index in [1.165, 1.54) is 32.9 Å². The topological polar surface area (TPSA) is 87.2 Å². The van der Waals surface area contributed by atoms with Crippen molar-refractivity contribution in [2.45, 2.75) is 28.7 Å². The molecule has 10 heteroatoms. The number of hydrogen-bond donors (Lipinski definition) is 0. The normalized spacial score (nSPS) is 26.1. The van der Waals surface area contributed by atoms with E-state index in [9.17, 15) is 16.8 Å². The molecule has 3 aliphatic rings. The number of benzene rings is 1. The lowest BCUT2D eigenvalue weighted by atomic mass is 10.2. The van der Waals surface area contributed by atoms with E-state index < -0.39 is 20.0 Å². The summed E-state index contributed by atoms with van der Waals surface area (Å²) >= 11 is 0. The quantitative estimate of drug-likeness (QED) is 0.697.